The average Bonchev–Trinajstić information content (AvgIpc) is 2.64. The van der Waals surface area contributed by atoms with E-state index in [1.165, 1.54) is 12.1 Å². The van der Waals surface area contributed by atoms with Gasteiger partial charge in [-0.15, -0.1) is 0 Å². The zero-order valence-electron chi connectivity index (χ0n) is 10.3. The van der Waals surface area contributed by atoms with Crippen LogP contribution in [-0.4, -0.2) is 16.9 Å². The number of phenols is 1. The number of hydrogen-bond donors (Lipinski definition) is 1. The molecule has 0 aliphatic carbocycles. The smallest absolute Gasteiger partial charge is 0.261 e. The quantitative estimate of drug-likeness (QED) is 0.794. The summed E-state index contributed by atoms with van der Waals surface area (Å²) in [6, 6.07) is 10.5. The topological polar surface area (TPSA) is 57.6 Å². The van der Waals surface area contributed by atoms with Crippen LogP contribution in [0.3, 0.4) is 0 Å². The second-order valence-corrected chi connectivity index (χ2v) is 4.46. The highest BCUT2D eigenvalue weighted by atomic mass is 16.3. The average molecular weight is 253 g/mol. The van der Waals surface area contributed by atoms with Crippen LogP contribution in [0.4, 0.5) is 5.69 Å². The van der Waals surface area contributed by atoms with Gasteiger partial charge in [-0.25, -0.2) is 4.90 Å². The molecule has 0 aromatic heterocycles. The maximum absolute atomic E-state index is 12.0. The van der Waals surface area contributed by atoms with Crippen molar-refractivity contribution in [2.24, 2.45) is 0 Å². The molecule has 2 aromatic rings. The van der Waals surface area contributed by atoms with Gasteiger partial charge in [0, 0.05) is 17.0 Å². The van der Waals surface area contributed by atoms with Gasteiger partial charge in [-0.2, -0.15) is 0 Å². The van der Waals surface area contributed by atoms with Crippen LogP contribution in [-0.2, 0) is 9.59 Å². The molecule has 3 rings (SSSR count). The van der Waals surface area contributed by atoms with Gasteiger partial charge >= 0.3 is 0 Å². The molecule has 19 heavy (non-hydrogen) atoms. The molecule has 4 heteroatoms. The van der Waals surface area contributed by atoms with Gasteiger partial charge in [0.05, 0.1) is 0 Å². The van der Waals surface area contributed by atoms with Crippen molar-refractivity contribution in [3.8, 4) is 5.75 Å². The lowest BCUT2D eigenvalue weighted by Crippen LogP contribution is -2.30. The number of imide groups is 1. The number of nitrogens with zero attached hydrogens (tertiary/aromatic N) is 1. The standard InChI is InChI=1S/C15H11NO3/c1-9-8-13(18)16(15(9)19)14-11-5-3-2-4-10(11)6-7-12(14)17/h2-8,17H,1H3. The molecule has 1 N–H and O–H groups in total. The van der Waals surface area contributed by atoms with Crippen molar-refractivity contribution in [3.63, 3.8) is 0 Å². The molecule has 2 aromatic carbocycles. The third-order valence-corrected chi connectivity index (χ3v) is 3.20. The predicted molar refractivity (Wildman–Crippen MR) is 71.9 cm³/mol. The minimum Gasteiger partial charge on any atom is -0.506 e. The summed E-state index contributed by atoms with van der Waals surface area (Å²) >= 11 is 0. The van der Waals surface area contributed by atoms with Crippen LogP contribution in [0.15, 0.2) is 48.0 Å². The number of fused-ring (bicyclic) bond motifs is 1. The van der Waals surface area contributed by atoms with Gasteiger partial charge in [0.2, 0.25) is 0 Å². The maximum Gasteiger partial charge on any atom is 0.261 e. The normalized spacial score (nSPS) is 15.2. The van der Waals surface area contributed by atoms with Crippen LogP contribution in [0.2, 0.25) is 0 Å². The van der Waals surface area contributed by atoms with E-state index in [0.717, 1.165) is 10.3 Å². The number of carbonyl (C=O) groups excluding carboxylic acids is 2. The maximum atomic E-state index is 12.0. The SMILES string of the molecule is CC1=CC(=O)N(c2c(O)ccc3ccccc23)C1=O. The molecule has 1 heterocycles. The van der Waals surface area contributed by atoms with Crippen LogP contribution in [0, 0.1) is 0 Å². The monoisotopic (exact) mass is 253 g/mol. The minimum atomic E-state index is -0.422. The Bertz CT molecular complexity index is 746. The Morgan fingerprint density at radius 1 is 1.05 bits per heavy atom. The summed E-state index contributed by atoms with van der Waals surface area (Å²) in [6.45, 7) is 1.59. The lowest BCUT2D eigenvalue weighted by Gasteiger charge is -2.18. The number of rotatable bonds is 1. The van der Waals surface area contributed by atoms with E-state index in [4.69, 9.17) is 0 Å². The van der Waals surface area contributed by atoms with Crippen molar-refractivity contribution < 1.29 is 14.7 Å². The molecule has 0 saturated carbocycles. The second-order valence-electron chi connectivity index (χ2n) is 4.46. The molecule has 0 saturated heterocycles. The molecule has 0 bridgehead atoms. The molecule has 0 radical (unpaired) electrons. The lowest BCUT2D eigenvalue weighted by molar-refractivity contribution is -0.120. The molecule has 2 amide bonds. The summed E-state index contributed by atoms with van der Waals surface area (Å²) in [6.07, 6.45) is 1.28. The first-order valence-corrected chi connectivity index (χ1v) is 5.87. The number of phenolic OH excluding ortho intramolecular Hbond substituents is 1. The van der Waals surface area contributed by atoms with E-state index in [2.05, 4.69) is 0 Å². The summed E-state index contributed by atoms with van der Waals surface area (Å²) < 4.78 is 0. The molecule has 1 aliphatic rings. The van der Waals surface area contributed by atoms with Crippen LogP contribution in [0.1, 0.15) is 6.92 Å². The van der Waals surface area contributed by atoms with Gasteiger partial charge in [-0.05, 0) is 18.4 Å². The molecule has 4 nitrogen and oxygen atoms in total. The summed E-state index contributed by atoms with van der Waals surface area (Å²) in [5.41, 5.74) is 0.624. The Hall–Kier alpha value is -2.62. The van der Waals surface area contributed by atoms with Crippen LogP contribution < -0.4 is 4.90 Å². The number of benzene rings is 2. The first-order valence-electron chi connectivity index (χ1n) is 5.87. The molecule has 94 valence electrons. The summed E-state index contributed by atoms with van der Waals surface area (Å²) in [5, 5.41) is 11.6. The third-order valence-electron chi connectivity index (χ3n) is 3.20. The van der Waals surface area contributed by atoms with E-state index in [1.807, 2.05) is 12.1 Å². The van der Waals surface area contributed by atoms with Gasteiger partial charge in [-0.1, -0.05) is 30.3 Å². The number of aromatic hydroxyl groups is 1. The van der Waals surface area contributed by atoms with Crippen molar-refractivity contribution in [2.45, 2.75) is 6.92 Å². The van der Waals surface area contributed by atoms with Gasteiger partial charge in [0.1, 0.15) is 11.4 Å². The Labute approximate surface area is 109 Å². The fourth-order valence-corrected chi connectivity index (χ4v) is 2.28. The fourth-order valence-electron chi connectivity index (χ4n) is 2.28. The highest BCUT2D eigenvalue weighted by Gasteiger charge is 2.32. The van der Waals surface area contributed by atoms with Gasteiger partial charge in [0.15, 0.2) is 0 Å². The van der Waals surface area contributed by atoms with E-state index in [-0.39, 0.29) is 11.4 Å². The van der Waals surface area contributed by atoms with E-state index >= 15 is 0 Å². The van der Waals surface area contributed by atoms with Crippen LogP contribution in [0.25, 0.3) is 10.8 Å². The summed E-state index contributed by atoms with van der Waals surface area (Å²) in [4.78, 5) is 25.0. The third kappa shape index (κ3) is 1.61. The fraction of sp³-hybridized carbons (Fsp3) is 0.0667. The Morgan fingerprint density at radius 2 is 1.79 bits per heavy atom. The summed E-state index contributed by atoms with van der Waals surface area (Å²) in [5.74, 6) is -0.894. The molecule has 0 atom stereocenters. The van der Waals surface area contributed by atoms with Crippen LogP contribution in [0.5, 0.6) is 5.75 Å². The highest BCUT2D eigenvalue weighted by Crippen LogP contribution is 2.37. The second kappa shape index (κ2) is 3.95. The van der Waals surface area contributed by atoms with Crippen molar-refractivity contribution >= 4 is 28.3 Å². The van der Waals surface area contributed by atoms with Gasteiger partial charge in [-0.3, -0.25) is 9.59 Å². The Kier molecular flexibility index (Phi) is 2.38. The van der Waals surface area contributed by atoms with E-state index in [0.29, 0.717) is 11.0 Å². The van der Waals surface area contributed by atoms with Crippen molar-refractivity contribution in [1.82, 2.24) is 0 Å². The van der Waals surface area contributed by atoms with E-state index in [9.17, 15) is 14.7 Å². The predicted octanol–water partition coefficient (Wildman–Crippen LogP) is 2.36. The zero-order chi connectivity index (χ0) is 13.6. The Morgan fingerprint density at radius 3 is 2.47 bits per heavy atom. The zero-order valence-corrected chi connectivity index (χ0v) is 10.3. The largest absolute Gasteiger partial charge is 0.506 e. The molecule has 0 fully saturated rings. The van der Waals surface area contributed by atoms with Crippen LogP contribution >= 0.6 is 0 Å². The lowest BCUT2D eigenvalue weighted by atomic mass is 10.1. The molecular weight excluding hydrogens is 242 g/mol. The van der Waals surface area contributed by atoms with Gasteiger partial charge in [0.25, 0.3) is 11.8 Å². The first-order chi connectivity index (χ1) is 9.09. The van der Waals surface area contributed by atoms with E-state index in [1.54, 1.807) is 25.1 Å². The Balaban J connectivity index is 2.29. The first kappa shape index (κ1) is 11.5. The molecule has 1 aliphatic heterocycles. The van der Waals surface area contributed by atoms with Crippen molar-refractivity contribution in [3.05, 3.63) is 48.0 Å². The number of carbonyl (C=O) groups is 2. The highest BCUT2D eigenvalue weighted by molar-refractivity contribution is 6.32. The summed E-state index contributed by atoms with van der Waals surface area (Å²) in [7, 11) is 0. The molecule has 0 unspecified atom stereocenters. The number of amides is 2. The molecule has 0 spiro atoms. The van der Waals surface area contributed by atoms with Crippen molar-refractivity contribution in [2.75, 3.05) is 4.90 Å². The van der Waals surface area contributed by atoms with Crippen molar-refractivity contribution in [1.29, 1.82) is 0 Å². The van der Waals surface area contributed by atoms with Gasteiger partial charge < -0.3 is 5.11 Å². The molecular formula is C15H11NO3. The minimum absolute atomic E-state index is 0.0801. The number of hydrogen-bond acceptors (Lipinski definition) is 3. The van der Waals surface area contributed by atoms with E-state index < -0.39 is 11.8 Å². The number of anilines is 1.